The Morgan fingerprint density at radius 3 is 2.94 bits per heavy atom. The predicted molar refractivity (Wildman–Crippen MR) is 66.8 cm³/mol. The van der Waals surface area contributed by atoms with Crippen molar-refractivity contribution in [3.8, 4) is 0 Å². The summed E-state index contributed by atoms with van der Waals surface area (Å²) in [7, 11) is -1.06. The molecule has 0 aliphatic heterocycles. The van der Waals surface area contributed by atoms with Crippen molar-refractivity contribution in [2.45, 2.75) is 17.9 Å². The Labute approximate surface area is 102 Å². The summed E-state index contributed by atoms with van der Waals surface area (Å²) < 4.78 is 13.9. The van der Waals surface area contributed by atoms with E-state index in [-0.39, 0.29) is 0 Å². The lowest BCUT2D eigenvalue weighted by atomic mass is 10.4. The highest BCUT2D eigenvalue weighted by Gasteiger charge is 2.07. The van der Waals surface area contributed by atoms with E-state index in [1.54, 1.807) is 24.8 Å². The molecule has 2 N–H and O–H groups in total. The van der Waals surface area contributed by atoms with Gasteiger partial charge in [-0.2, -0.15) is 0 Å². The minimum atomic E-state index is -1.06. The number of aryl methyl sites for hydroxylation is 1. The molecule has 2 aromatic rings. The number of hydrogen-bond acceptors (Lipinski definition) is 4. The number of aromatic nitrogens is 3. The van der Waals surface area contributed by atoms with Crippen molar-refractivity contribution in [1.82, 2.24) is 14.5 Å². The van der Waals surface area contributed by atoms with Crippen LogP contribution in [0.2, 0.25) is 0 Å². The smallest absolute Gasteiger partial charge is 0.0945 e. The van der Waals surface area contributed by atoms with Gasteiger partial charge < -0.3 is 10.3 Å². The fourth-order valence-corrected chi connectivity index (χ4v) is 2.65. The maximum atomic E-state index is 12.0. The number of nitrogen functional groups attached to an aromatic ring is 1. The van der Waals surface area contributed by atoms with Crippen LogP contribution in [-0.2, 0) is 17.3 Å². The number of pyridine rings is 1. The monoisotopic (exact) mass is 250 g/mol. The molecule has 5 nitrogen and oxygen atoms in total. The van der Waals surface area contributed by atoms with Gasteiger partial charge in [-0.05, 0) is 12.5 Å². The van der Waals surface area contributed by atoms with Gasteiger partial charge in [0.05, 0.1) is 33.9 Å². The Morgan fingerprint density at radius 1 is 1.35 bits per heavy atom. The van der Waals surface area contributed by atoms with E-state index in [9.17, 15) is 4.21 Å². The Kier molecular flexibility index (Phi) is 3.87. The first-order valence-corrected chi connectivity index (χ1v) is 6.63. The summed E-state index contributed by atoms with van der Waals surface area (Å²) in [6.07, 6.45) is 9.35. The van der Waals surface area contributed by atoms with E-state index in [4.69, 9.17) is 5.73 Å². The SMILES string of the molecule is Nc1cnccc1S(=O)CCCn1ccnc1. The molecule has 0 aromatic carbocycles. The lowest BCUT2D eigenvalue weighted by Crippen LogP contribution is -2.05. The predicted octanol–water partition coefficient (Wildman–Crippen LogP) is 1.06. The summed E-state index contributed by atoms with van der Waals surface area (Å²) in [6.45, 7) is 0.816. The minimum Gasteiger partial charge on any atom is -0.396 e. The summed E-state index contributed by atoms with van der Waals surface area (Å²) >= 11 is 0. The van der Waals surface area contributed by atoms with Crippen LogP contribution in [0.5, 0.6) is 0 Å². The first kappa shape index (κ1) is 11.8. The lowest BCUT2D eigenvalue weighted by Gasteiger charge is -2.05. The zero-order valence-corrected chi connectivity index (χ0v) is 10.1. The average Bonchev–Trinajstić information content (AvgIpc) is 2.82. The first-order chi connectivity index (χ1) is 8.27. The van der Waals surface area contributed by atoms with E-state index in [0.29, 0.717) is 16.3 Å². The van der Waals surface area contributed by atoms with Gasteiger partial charge in [-0.15, -0.1) is 0 Å². The maximum absolute atomic E-state index is 12.0. The van der Waals surface area contributed by atoms with Crippen LogP contribution < -0.4 is 5.73 Å². The van der Waals surface area contributed by atoms with Crippen LogP contribution in [0.4, 0.5) is 5.69 Å². The highest BCUT2D eigenvalue weighted by atomic mass is 32.2. The second-order valence-electron chi connectivity index (χ2n) is 3.62. The molecule has 0 aliphatic rings. The van der Waals surface area contributed by atoms with Gasteiger partial charge in [0.2, 0.25) is 0 Å². The topological polar surface area (TPSA) is 73.8 Å². The summed E-state index contributed by atoms with van der Waals surface area (Å²) in [4.78, 5) is 8.50. The molecule has 0 fully saturated rings. The van der Waals surface area contributed by atoms with Gasteiger partial charge in [-0.3, -0.25) is 9.19 Å². The zero-order chi connectivity index (χ0) is 12.1. The van der Waals surface area contributed by atoms with Crippen LogP contribution in [0.3, 0.4) is 0 Å². The molecule has 0 saturated heterocycles. The van der Waals surface area contributed by atoms with E-state index in [0.717, 1.165) is 13.0 Å². The maximum Gasteiger partial charge on any atom is 0.0945 e. The van der Waals surface area contributed by atoms with Crippen molar-refractivity contribution >= 4 is 16.5 Å². The van der Waals surface area contributed by atoms with Gasteiger partial charge in [0, 0.05) is 30.9 Å². The van der Waals surface area contributed by atoms with Crippen LogP contribution in [0.1, 0.15) is 6.42 Å². The molecule has 90 valence electrons. The van der Waals surface area contributed by atoms with Crippen molar-refractivity contribution in [3.63, 3.8) is 0 Å². The molecule has 2 heterocycles. The highest BCUT2D eigenvalue weighted by Crippen LogP contribution is 2.14. The molecular weight excluding hydrogens is 236 g/mol. The van der Waals surface area contributed by atoms with Crippen molar-refractivity contribution < 1.29 is 4.21 Å². The third-order valence-electron chi connectivity index (χ3n) is 2.36. The van der Waals surface area contributed by atoms with Gasteiger partial charge >= 0.3 is 0 Å². The number of imidazole rings is 1. The third kappa shape index (κ3) is 3.13. The fraction of sp³-hybridized carbons (Fsp3) is 0.273. The minimum absolute atomic E-state index is 0.494. The highest BCUT2D eigenvalue weighted by molar-refractivity contribution is 7.85. The summed E-state index contributed by atoms with van der Waals surface area (Å²) in [5, 5.41) is 0. The molecule has 0 radical (unpaired) electrons. The Hall–Kier alpha value is -1.69. The van der Waals surface area contributed by atoms with E-state index >= 15 is 0 Å². The van der Waals surface area contributed by atoms with Gasteiger partial charge in [-0.25, -0.2) is 4.98 Å². The van der Waals surface area contributed by atoms with E-state index in [1.807, 2.05) is 10.8 Å². The van der Waals surface area contributed by atoms with Gasteiger partial charge in [0.15, 0.2) is 0 Å². The second-order valence-corrected chi connectivity index (χ2v) is 5.16. The number of hydrogen-bond donors (Lipinski definition) is 1. The van der Waals surface area contributed by atoms with Crippen molar-refractivity contribution in [3.05, 3.63) is 37.2 Å². The Morgan fingerprint density at radius 2 is 2.24 bits per heavy atom. The van der Waals surface area contributed by atoms with Crippen molar-refractivity contribution in [2.75, 3.05) is 11.5 Å². The van der Waals surface area contributed by atoms with E-state index in [2.05, 4.69) is 9.97 Å². The van der Waals surface area contributed by atoms with Gasteiger partial charge in [0.1, 0.15) is 0 Å². The average molecular weight is 250 g/mol. The summed E-state index contributed by atoms with van der Waals surface area (Å²) in [5.41, 5.74) is 6.21. The fourth-order valence-electron chi connectivity index (χ4n) is 1.51. The molecular formula is C11H14N4OS. The first-order valence-electron chi connectivity index (χ1n) is 5.31. The zero-order valence-electron chi connectivity index (χ0n) is 9.32. The number of nitrogens with two attached hydrogens (primary N) is 1. The quantitative estimate of drug-likeness (QED) is 0.861. The molecule has 0 amide bonds. The second kappa shape index (κ2) is 5.58. The van der Waals surface area contributed by atoms with E-state index in [1.165, 1.54) is 6.20 Å². The molecule has 1 unspecified atom stereocenters. The molecule has 0 spiro atoms. The molecule has 2 rings (SSSR count). The van der Waals surface area contributed by atoms with Crippen molar-refractivity contribution in [1.29, 1.82) is 0 Å². The molecule has 0 saturated carbocycles. The van der Waals surface area contributed by atoms with Crippen LogP contribution in [0.25, 0.3) is 0 Å². The third-order valence-corrected chi connectivity index (χ3v) is 3.88. The standard InChI is InChI=1S/C11H14N4OS/c12-10-8-13-3-2-11(10)17(16)7-1-5-15-6-4-14-9-15/h2-4,6,8-9H,1,5,7,12H2. The van der Waals surface area contributed by atoms with Crippen molar-refractivity contribution in [2.24, 2.45) is 0 Å². The largest absolute Gasteiger partial charge is 0.396 e. The molecule has 6 heteroatoms. The molecule has 17 heavy (non-hydrogen) atoms. The molecule has 2 aromatic heterocycles. The lowest BCUT2D eigenvalue weighted by molar-refractivity contribution is 0.658. The normalized spacial score (nSPS) is 12.5. The summed E-state index contributed by atoms with van der Waals surface area (Å²) in [5.74, 6) is 0.590. The van der Waals surface area contributed by atoms with Crippen LogP contribution in [0.15, 0.2) is 42.1 Å². The molecule has 1 atom stereocenters. The number of anilines is 1. The van der Waals surface area contributed by atoms with Crippen LogP contribution in [-0.4, -0.2) is 24.5 Å². The molecule has 0 aliphatic carbocycles. The van der Waals surface area contributed by atoms with Crippen LogP contribution in [0, 0.1) is 0 Å². The summed E-state index contributed by atoms with van der Waals surface area (Å²) in [6, 6.07) is 1.71. The number of nitrogens with zero attached hydrogens (tertiary/aromatic N) is 3. The van der Waals surface area contributed by atoms with Crippen LogP contribution >= 0.6 is 0 Å². The number of rotatable bonds is 5. The van der Waals surface area contributed by atoms with Gasteiger partial charge in [-0.1, -0.05) is 0 Å². The van der Waals surface area contributed by atoms with Gasteiger partial charge in [0.25, 0.3) is 0 Å². The van der Waals surface area contributed by atoms with E-state index < -0.39 is 10.8 Å². The molecule has 0 bridgehead atoms. The Bertz CT molecular complexity index is 498. The Balaban J connectivity index is 1.88.